The van der Waals surface area contributed by atoms with E-state index in [0.717, 1.165) is 26.8 Å². The molecule has 0 saturated heterocycles. The van der Waals surface area contributed by atoms with Gasteiger partial charge in [-0.3, -0.25) is 9.69 Å². The Morgan fingerprint density at radius 3 is 2.72 bits per heavy atom. The second-order valence-electron chi connectivity index (χ2n) is 7.34. The van der Waals surface area contributed by atoms with Crippen LogP contribution in [0.2, 0.25) is 0 Å². The normalized spacial score (nSPS) is 11.3. The van der Waals surface area contributed by atoms with Gasteiger partial charge in [0, 0.05) is 18.7 Å². The number of thiazole rings is 1. The number of carbonyl (C=O) groups is 1. The largest absolute Gasteiger partial charge is 0.383 e. The van der Waals surface area contributed by atoms with Crippen LogP contribution in [-0.2, 0) is 11.3 Å². The van der Waals surface area contributed by atoms with Crippen molar-refractivity contribution in [3.8, 4) is 0 Å². The van der Waals surface area contributed by atoms with Crippen LogP contribution in [0.1, 0.15) is 15.9 Å². The van der Waals surface area contributed by atoms with Crippen molar-refractivity contribution in [2.75, 3.05) is 25.2 Å². The number of nitrogens with zero attached hydrogens (tertiary/aromatic N) is 5. The fourth-order valence-corrected chi connectivity index (χ4v) is 4.55. The summed E-state index contributed by atoms with van der Waals surface area (Å²) in [5, 5.41) is 5.94. The lowest BCUT2D eigenvalue weighted by molar-refractivity contribution is 0.0975. The number of carbonyl (C=O) groups excluding carboxylic acids is 1. The molecule has 0 unspecified atom stereocenters. The summed E-state index contributed by atoms with van der Waals surface area (Å²) in [4.78, 5) is 24.3. The molecule has 160 valence electrons. The lowest BCUT2D eigenvalue weighted by atomic mass is 10.2. The Hall–Kier alpha value is -3.62. The van der Waals surface area contributed by atoms with Crippen LogP contribution in [-0.4, -0.2) is 45.9 Å². The molecule has 0 saturated carbocycles. The van der Waals surface area contributed by atoms with Crippen LogP contribution < -0.4 is 4.90 Å². The van der Waals surface area contributed by atoms with E-state index in [4.69, 9.17) is 4.74 Å². The van der Waals surface area contributed by atoms with Gasteiger partial charge in [0.2, 0.25) is 0 Å². The summed E-state index contributed by atoms with van der Waals surface area (Å²) in [5.74, 6) is -0.161. The first-order valence-corrected chi connectivity index (χ1v) is 11.1. The first-order valence-electron chi connectivity index (χ1n) is 10.2. The van der Waals surface area contributed by atoms with Gasteiger partial charge in [0.05, 0.1) is 41.7 Å². The van der Waals surface area contributed by atoms with E-state index in [9.17, 15) is 4.79 Å². The summed E-state index contributed by atoms with van der Waals surface area (Å²) in [5.41, 5.74) is 3.25. The van der Waals surface area contributed by atoms with Crippen molar-refractivity contribution in [3.05, 3.63) is 84.2 Å². The minimum absolute atomic E-state index is 0.161. The highest BCUT2D eigenvalue weighted by atomic mass is 32.1. The lowest BCUT2D eigenvalue weighted by Crippen LogP contribution is -2.34. The molecule has 3 heterocycles. The zero-order valence-electron chi connectivity index (χ0n) is 17.5. The Bertz CT molecular complexity index is 1350. The maximum Gasteiger partial charge on any atom is 0.261 e. The number of hydrogen-bond donors (Lipinski definition) is 0. The highest BCUT2D eigenvalue weighted by molar-refractivity contribution is 7.22. The predicted molar refractivity (Wildman–Crippen MR) is 126 cm³/mol. The standard InChI is InChI=1S/C24H21N5O2S/c1-31-12-11-28(24-27-20-9-5-6-10-21(20)32-24)23(30)19-13-18-15-26-29(22(18)25-14-19)16-17-7-3-2-4-8-17/h2-10,13-15H,11-12,16H2,1H3. The molecular weight excluding hydrogens is 422 g/mol. The average molecular weight is 444 g/mol. The van der Waals surface area contributed by atoms with Crippen LogP contribution in [0.15, 0.2) is 73.1 Å². The average Bonchev–Trinajstić information content (AvgIpc) is 3.43. The van der Waals surface area contributed by atoms with E-state index < -0.39 is 0 Å². The van der Waals surface area contributed by atoms with E-state index in [1.165, 1.54) is 11.3 Å². The molecule has 0 aliphatic rings. The third-order valence-electron chi connectivity index (χ3n) is 5.18. The van der Waals surface area contributed by atoms with Gasteiger partial charge in [-0.1, -0.05) is 53.8 Å². The number of fused-ring (bicyclic) bond motifs is 2. The molecule has 0 aliphatic heterocycles. The molecule has 7 nitrogen and oxygen atoms in total. The van der Waals surface area contributed by atoms with Crippen LogP contribution in [0.4, 0.5) is 5.13 Å². The molecule has 3 aromatic heterocycles. The number of methoxy groups -OCH3 is 1. The molecule has 1 amide bonds. The Balaban J connectivity index is 1.46. The van der Waals surface area contributed by atoms with E-state index in [0.29, 0.717) is 30.4 Å². The van der Waals surface area contributed by atoms with E-state index >= 15 is 0 Å². The van der Waals surface area contributed by atoms with Gasteiger partial charge in [0.1, 0.15) is 0 Å². The zero-order valence-corrected chi connectivity index (χ0v) is 18.3. The van der Waals surface area contributed by atoms with Crippen LogP contribution in [0.25, 0.3) is 21.3 Å². The molecule has 0 spiro atoms. The van der Waals surface area contributed by atoms with Crippen LogP contribution >= 0.6 is 11.3 Å². The second kappa shape index (κ2) is 8.86. The number of amides is 1. The van der Waals surface area contributed by atoms with Gasteiger partial charge in [-0.15, -0.1) is 0 Å². The summed E-state index contributed by atoms with van der Waals surface area (Å²) in [7, 11) is 1.62. The third-order valence-corrected chi connectivity index (χ3v) is 6.23. The van der Waals surface area contributed by atoms with Gasteiger partial charge < -0.3 is 4.74 Å². The third kappa shape index (κ3) is 3.98. The van der Waals surface area contributed by atoms with Crippen LogP contribution in [0, 0.1) is 0 Å². The smallest absolute Gasteiger partial charge is 0.261 e. The highest BCUT2D eigenvalue weighted by Gasteiger charge is 2.22. The maximum absolute atomic E-state index is 13.4. The van der Waals surface area contributed by atoms with Gasteiger partial charge in [-0.2, -0.15) is 5.10 Å². The maximum atomic E-state index is 13.4. The summed E-state index contributed by atoms with van der Waals surface area (Å²) in [6.45, 7) is 1.43. The molecule has 0 radical (unpaired) electrons. The fourth-order valence-electron chi connectivity index (χ4n) is 3.56. The van der Waals surface area contributed by atoms with Crippen LogP contribution in [0.5, 0.6) is 0 Å². The Labute approximate surface area is 188 Å². The Morgan fingerprint density at radius 2 is 1.91 bits per heavy atom. The number of ether oxygens (including phenoxy) is 1. The minimum atomic E-state index is -0.161. The summed E-state index contributed by atoms with van der Waals surface area (Å²) in [6, 6.07) is 19.8. The molecular formula is C24H21N5O2S. The number of anilines is 1. The molecule has 0 atom stereocenters. The number of hydrogen-bond acceptors (Lipinski definition) is 6. The van der Waals surface area contributed by atoms with E-state index in [1.807, 2.05) is 53.2 Å². The Kier molecular flexibility index (Phi) is 5.62. The summed E-state index contributed by atoms with van der Waals surface area (Å²) in [6.07, 6.45) is 3.36. The lowest BCUT2D eigenvalue weighted by Gasteiger charge is -2.19. The van der Waals surface area contributed by atoms with Crippen molar-refractivity contribution in [2.45, 2.75) is 6.54 Å². The highest BCUT2D eigenvalue weighted by Crippen LogP contribution is 2.29. The van der Waals surface area contributed by atoms with Gasteiger partial charge in [0.25, 0.3) is 5.91 Å². The molecule has 0 N–H and O–H groups in total. The fraction of sp³-hybridized carbons (Fsp3) is 0.167. The van der Waals surface area contributed by atoms with Gasteiger partial charge >= 0.3 is 0 Å². The SMILES string of the molecule is COCCN(C(=O)c1cnc2c(cnn2Cc2ccccc2)c1)c1nc2ccccc2s1. The number of aromatic nitrogens is 4. The predicted octanol–water partition coefficient (Wildman–Crippen LogP) is 4.38. The topological polar surface area (TPSA) is 73.1 Å². The Morgan fingerprint density at radius 1 is 1.09 bits per heavy atom. The number of pyridine rings is 1. The molecule has 0 bridgehead atoms. The zero-order chi connectivity index (χ0) is 21.9. The summed E-state index contributed by atoms with van der Waals surface area (Å²) >= 11 is 1.49. The monoisotopic (exact) mass is 443 g/mol. The van der Waals surface area contributed by atoms with Crippen molar-refractivity contribution >= 4 is 43.6 Å². The summed E-state index contributed by atoms with van der Waals surface area (Å²) < 4.78 is 8.12. The molecule has 0 fully saturated rings. The first-order chi connectivity index (χ1) is 15.7. The first kappa shape index (κ1) is 20.3. The van der Waals surface area contributed by atoms with Gasteiger partial charge in [-0.05, 0) is 23.8 Å². The molecule has 5 rings (SSSR count). The minimum Gasteiger partial charge on any atom is -0.383 e. The van der Waals surface area contributed by atoms with E-state index in [1.54, 1.807) is 24.4 Å². The molecule has 0 aliphatic carbocycles. The molecule has 5 aromatic rings. The quantitative estimate of drug-likeness (QED) is 0.373. The molecule has 2 aromatic carbocycles. The van der Waals surface area contributed by atoms with Crippen LogP contribution in [0.3, 0.4) is 0 Å². The van der Waals surface area contributed by atoms with E-state index in [-0.39, 0.29) is 5.91 Å². The van der Waals surface area contributed by atoms with Gasteiger partial charge in [0.15, 0.2) is 10.8 Å². The van der Waals surface area contributed by atoms with Crippen molar-refractivity contribution < 1.29 is 9.53 Å². The van der Waals surface area contributed by atoms with Crippen molar-refractivity contribution in [1.82, 2.24) is 19.7 Å². The molecule has 8 heteroatoms. The number of benzene rings is 2. The van der Waals surface area contributed by atoms with Gasteiger partial charge in [-0.25, -0.2) is 14.6 Å². The number of para-hydroxylation sites is 1. The van der Waals surface area contributed by atoms with E-state index in [2.05, 4.69) is 27.2 Å². The number of rotatable bonds is 7. The second-order valence-corrected chi connectivity index (χ2v) is 8.35. The van der Waals surface area contributed by atoms with Crippen molar-refractivity contribution in [3.63, 3.8) is 0 Å². The molecule has 32 heavy (non-hydrogen) atoms. The van der Waals surface area contributed by atoms with Crippen molar-refractivity contribution in [1.29, 1.82) is 0 Å². The van der Waals surface area contributed by atoms with Crippen molar-refractivity contribution in [2.24, 2.45) is 0 Å².